The van der Waals surface area contributed by atoms with Crippen molar-refractivity contribution in [1.82, 2.24) is 9.55 Å². The molecule has 0 aliphatic heterocycles. The van der Waals surface area contributed by atoms with Gasteiger partial charge in [-0.3, -0.25) is 0 Å². The lowest BCUT2D eigenvalue weighted by Crippen LogP contribution is -2.22. The van der Waals surface area contributed by atoms with E-state index < -0.39 is 0 Å². The first-order chi connectivity index (χ1) is 8.08. The second-order valence-electron chi connectivity index (χ2n) is 6.09. The number of hydrogen-bond donors (Lipinski definition) is 1. The number of aromatic nitrogens is 2. The van der Waals surface area contributed by atoms with Crippen LogP contribution in [-0.4, -0.2) is 9.55 Å². The molecule has 0 radical (unpaired) electrons. The summed E-state index contributed by atoms with van der Waals surface area (Å²) >= 11 is 5.47. The number of rotatable bonds is 2. The third-order valence-corrected chi connectivity index (χ3v) is 5.54. The highest BCUT2D eigenvalue weighted by Gasteiger charge is 2.42. The Kier molecular flexibility index (Phi) is 2.69. The van der Waals surface area contributed by atoms with Crippen LogP contribution in [0, 0.1) is 36.4 Å². The van der Waals surface area contributed by atoms with Gasteiger partial charge in [0.15, 0.2) is 4.77 Å². The van der Waals surface area contributed by atoms with Gasteiger partial charge in [0, 0.05) is 17.4 Å². The van der Waals surface area contributed by atoms with E-state index in [-0.39, 0.29) is 0 Å². The highest BCUT2D eigenvalue weighted by molar-refractivity contribution is 7.71. The van der Waals surface area contributed by atoms with Crippen LogP contribution < -0.4 is 0 Å². The molecule has 2 aliphatic carbocycles. The fourth-order valence-corrected chi connectivity index (χ4v) is 4.67. The zero-order chi connectivity index (χ0) is 12.2. The molecule has 3 rings (SSSR count). The van der Waals surface area contributed by atoms with Crippen molar-refractivity contribution < 1.29 is 0 Å². The van der Waals surface area contributed by atoms with Gasteiger partial charge in [0.1, 0.15) is 0 Å². The van der Waals surface area contributed by atoms with Crippen molar-refractivity contribution in [2.75, 3.05) is 0 Å². The van der Waals surface area contributed by atoms with Crippen molar-refractivity contribution in [3.63, 3.8) is 0 Å². The number of H-pyrrole nitrogens is 1. The zero-order valence-corrected chi connectivity index (χ0v) is 11.8. The van der Waals surface area contributed by atoms with Crippen LogP contribution >= 0.6 is 12.2 Å². The Morgan fingerprint density at radius 2 is 2.06 bits per heavy atom. The van der Waals surface area contributed by atoms with E-state index >= 15 is 0 Å². The Morgan fingerprint density at radius 1 is 1.29 bits per heavy atom. The molecule has 1 heterocycles. The quantitative estimate of drug-likeness (QED) is 0.782. The minimum atomic E-state index is 0.572. The molecule has 2 nitrogen and oxygen atoms in total. The number of nitrogens with one attached hydrogen (secondary N) is 1. The number of fused-ring (bicyclic) bond motifs is 2. The first-order valence-corrected chi connectivity index (χ1v) is 7.26. The summed E-state index contributed by atoms with van der Waals surface area (Å²) in [5.41, 5.74) is 2.55. The molecule has 0 saturated heterocycles. The fourth-order valence-electron chi connectivity index (χ4n) is 4.21. The fraction of sp³-hybridized carbons (Fsp3) is 0.786. The molecule has 1 aromatic heterocycles. The molecular weight excluding hydrogens is 228 g/mol. The van der Waals surface area contributed by atoms with Gasteiger partial charge < -0.3 is 9.55 Å². The minimum Gasteiger partial charge on any atom is -0.335 e. The second kappa shape index (κ2) is 3.98. The third-order valence-electron chi connectivity index (χ3n) is 5.24. The summed E-state index contributed by atoms with van der Waals surface area (Å²) in [6, 6.07) is 0.572. The SMILES string of the molecule is Cc1[nH]c(=S)n([C@@H](C)[C@@H]2C[C@@H]3CC[C@@H]2C3)c1C. The van der Waals surface area contributed by atoms with Gasteiger partial charge in [-0.15, -0.1) is 0 Å². The van der Waals surface area contributed by atoms with Crippen molar-refractivity contribution >= 4 is 12.2 Å². The molecule has 0 aromatic carbocycles. The van der Waals surface area contributed by atoms with Crippen LogP contribution in [0.15, 0.2) is 0 Å². The van der Waals surface area contributed by atoms with Gasteiger partial charge in [0.25, 0.3) is 0 Å². The predicted molar refractivity (Wildman–Crippen MR) is 72.7 cm³/mol. The van der Waals surface area contributed by atoms with Gasteiger partial charge in [0.2, 0.25) is 0 Å². The summed E-state index contributed by atoms with van der Waals surface area (Å²) in [5, 5.41) is 0. The van der Waals surface area contributed by atoms with E-state index in [1.54, 1.807) is 0 Å². The van der Waals surface area contributed by atoms with E-state index in [1.807, 2.05) is 0 Å². The number of nitrogens with zero attached hydrogens (tertiary/aromatic N) is 1. The van der Waals surface area contributed by atoms with E-state index in [1.165, 1.54) is 37.1 Å². The molecule has 2 bridgehead atoms. The molecule has 1 N–H and O–H groups in total. The summed E-state index contributed by atoms with van der Waals surface area (Å²) in [6.07, 6.45) is 5.84. The van der Waals surface area contributed by atoms with Gasteiger partial charge in [-0.25, -0.2) is 0 Å². The first-order valence-electron chi connectivity index (χ1n) is 6.85. The number of aryl methyl sites for hydroxylation is 1. The topological polar surface area (TPSA) is 20.7 Å². The molecule has 2 aliphatic rings. The molecular formula is C14H22N2S. The molecule has 94 valence electrons. The van der Waals surface area contributed by atoms with E-state index in [4.69, 9.17) is 12.2 Å². The molecule has 2 saturated carbocycles. The standard InChI is InChI=1S/C14H22N2S/c1-8-9(2)16(14(17)15-8)10(3)13-7-11-4-5-12(13)6-11/h10-13H,4-7H2,1-3H3,(H,15,17)/t10-,11+,12+,13-/m0/s1. The van der Waals surface area contributed by atoms with Crippen LogP contribution in [0.1, 0.15) is 50.0 Å². The van der Waals surface area contributed by atoms with Crippen LogP contribution in [0.25, 0.3) is 0 Å². The summed E-state index contributed by atoms with van der Waals surface area (Å²) in [6.45, 7) is 6.67. The lowest BCUT2D eigenvalue weighted by molar-refractivity contribution is 0.239. The normalized spacial score (nSPS) is 33.2. The molecule has 0 spiro atoms. The average Bonchev–Trinajstić information content (AvgIpc) is 2.94. The maximum Gasteiger partial charge on any atom is 0.177 e. The first kappa shape index (κ1) is 11.5. The molecule has 1 aromatic rings. The molecule has 4 atom stereocenters. The summed E-state index contributed by atoms with van der Waals surface area (Å²) in [7, 11) is 0. The molecule has 0 unspecified atom stereocenters. The highest BCUT2D eigenvalue weighted by Crippen LogP contribution is 2.52. The van der Waals surface area contributed by atoms with Crippen LogP contribution in [0.2, 0.25) is 0 Å². The van der Waals surface area contributed by atoms with Crippen molar-refractivity contribution in [1.29, 1.82) is 0 Å². The van der Waals surface area contributed by atoms with E-state index in [0.717, 1.165) is 22.5 Å². The van der Waals surface area contributed by atoms with Gasteiger partial charge >= 0.3 is 0 Å². The van der Waals surface area contributed by atoms with Crippen LogP contribution in [0.5, 0.6) is 0 Å². The zero-order valence-electron chi connectivity index (χ0n) is 11.0. The lowest BCUT2D eigenvalue weighted by Gasteiger charge is -2.29. The maximum absolute atomic E-state index is 5.47. The van der Waals surface area contributed by atoms with Crippen molar-refractivity contribution in [2.24, 2.45) is 17.8 Å². The number of aromatic amines is 1. The average molecular weight is 250 g/mol. The molecule has 3 heteroatoms. The summed E-state index contributed by atoms with van der Waals surface area (Å²) in [5.74, 6) is 2.84. The van der Waals surface area contributed by atoms with Gasteiger partial charge in [-0.2, -0.15) is 0 Å². The number of imidazole rings is 1. The van der Waals surface area contributed by atoms with E-state index in [9.17, 15) is 0 Å². The Labute approximate surface area is 108 Å². The van der Waals surface area contributed by atoms with Crippen LogP contribution in [0.4, 0.5) is 0 Å². The largest absolute Gasteiger partial charge is 0.335 e. The van der Waals surface area contributed by atoms with Crippen molar-refractivity contribution in [3.05, 3.63) is 16.2 Å². The van der Waals surface area contributed by atoms with Crippen molar-refractivity contribution in [3.8, 4) is 0 Å². The van der Waals surface area contributed by atoms with Gasteiger partial charge in [-0.1, -0.05) is 6.42 Å². The Balaban J connectivity index is 1.91. The predicted octanol–water partition coefficient (Wildman–Crippen LogP) is 4.16. The summed E-state index contributed by atoms with van der Waals surface area (Å²) in [4.78, 5) is 3.30. The minimum absolute atomic E-state index is 0.572. The highest BCUT2D eigenvalue weighted by atomic mass is 32.1. The van der Waals surface area contributed by atoms with Crippen LogP contribution in [-0.2, 0) is 0 Å². The van der Waals surface area contributed by atoms with Crippen molar-refractivity contribution in [2.45, 2.75) is 52.5 Å². The third kappa shape index (κ3) is 1.70. The lowest BCUT2D eigenvalue weighted by atomic mass is 9.84. The van der Waals surface area contributed by atoms with Gasteiger partial charge in [0.05, 0.1) is 0 Å². The Bertz CT molecular complexity index is 485. The van der Waals surface area contributed by atoms with Crippen LogP contribution in [0.3, 0.4) is 0 Å². The smallest absolute Gasteiger partial charge is 0.177 e. The molecule has 17 heavy (non-hydrogen) atoms. The molecule has 0 amide bonds. The second-order valence-corrected chi connectivity index (χ2v) is 6.48. The van der Waals surface area contributed by atoms with E-state index in [2.05, 4.69) is 30.3 Å². The van der Waals surface area contributed by atoms with Gasteiger partial charge in [-0.05, 0) is 70.0 Å². The van der Waals surface area contributed by atoms with E-state index in [0.29, 0.717) is 6.04 Å². The number of hydrogen-bond acceptors (Lipinski definition) is 1. The maximum atomic E-state index is 5.47. The monoisotopic (exact) mass is 250 g/mol. The Hall–Kier alpha value is -0.570. The summed E-state index contributed by atoms with van der Waals surface area (Å²) < 4.78 is 3.27. The Morgan fingerprint density at radius 3 is 2.53 bits per heavy atom. The molecule has 2 fully saturated rings.